The van der Waals surface area contributed by atoms with Crippen LogP contribution in [0.1, 0.15) is 64.4 Å². The summed E-state index contributed by atoms with van der Waals surface area (Å²) in [6.45, 7) is 9.54. The molecule has 6 nitrogen and oxygen atoms in total. The molecule has 0 aliphatic heterocycles. The van der Waals surface area contributed by atoms with Gasteiger partial charge < -0.3 is 14.4 Å². The van der Waals surface area contributed by atoms with E-state index < -0.39 is 11.9 Å². The van der Waals surface area contributed by atoms with E-state index in [1.54, 1.807) is 0 Å². The van der Waals surface area contributed by atoms with E-state index in [0.29, 0.717) is 0 Å². The van der Waals surface area contributed by atoms with Gasteiger partial charge in [0.15, 0.2) is 0 Å². The van der Waals surface area contributed by atoms with Gasteiger partial charge >= 0.3 is 11.9 Å². The minimum absolute atomic E-state index is 0.0873. The lowest BCUT2D eigenvalue weighted by molar-refractivity contribution is -0.146. The molecule has 0 amide bonds. The zero-order chi connectivity index (χ0) is 23.6. The molecule has 0 heterocycles. The summed E-state index contributed by atoms with van der Waals surface area (Å²) in [5, 5.41) is 9.31. The Bertz CT molecular complexity index is 778. The Morgan fingerprint density at radius 1 is 0.969 bits per heavy atom. The first-order valence-electron chi connectivity index (χ1n) is 11.5. The Balaban J connectivity index is 2.71. The molecule has 1 rings (SSSR count). The van der Waals surface area contributed by atoms with Crippen molar-refractivity contribution in [3.05, 3.63) is 48.1 Å². The van der Waals surface area contributed by atoms with Crippen molar-refractivity contribution in [2.75, 3.05) is 31.2 Å². The largest absolute Gasteiger partial charge is 0.459 e. The third-order valence-corrected chi connectivity index (χ3v) is 4.95. The molecule has 0 radical (unpaired) electrons. The van der Waals surface area contributed by atoms with Crippen molar-refractivity contribution < 1.29 is 19.1 Å². The number of benzene rings is 1. The quantitative estimate of drug-likeness (QED) is 0.147. The fourth-order valence-electron chi connectivity index (χ4n) is 3.12. The van der Waals surface area contributed by atoms with Crippen molar-refractivity contribution in [1.29, 1.82) is 5.26 Å². The molecule has 6 heteroatoms. The Kier molecular flexibility index (Phi) is 14.0. The van der Waals surface area contributed by atoms with E-state index in [4.69, 9.17) is 9.47 Å². The Labute approximate surface area is 192 Å². The highest BCUT2D eigenvalue weighted by molar-refractivity contribution is 5.97. The number of ether oxygens (including phenoxy) is 2. The predicted molar refractivity (Wildman–Crippen MR) is 128 cm³/mol. The third-order valence-electron chi connectivity index (χ3n) is 4.95. The van der Waals surface area contributed by atoms with E-state index in [9.17, 15) is 14.9 Å². The highest BCUT2D eigenvalue weighted by Gasteiger charge is 2.12. The summed E-state index contributed by atoms with van der Waals surface area (Å²) < 4.78 is 9.73. The smallest absolute Gasteiger partial charge is 0.349 e. The first-order valence-corrected chi connectivity index (χ1v) is 11.5. The van der Waals surface area contributed by atoms with Crippen LogP contribution in [0.2, 0.25) is 0 Å². The molecule has 1 aromatic carbocycles. The average molecular weight is 441 g/mol. The zero-order valence-electron chi connectivity index (χ0n) is 19.5. The number of carbonyl (C=O) groups excluding carboxylic acids is 2. The molecule has 0 bridgehead atoms. The van der Waals surface area contributed by atoms with Crippen LogP contribution in [0.15, 0.2) is 42.5 Å². The van der Waals surface area contributed by atoms with E-state index in [2.05, 4.69) is 25.3 Å². The van der Waals surface area contributed by atoms with Crippen molar-refractivity contribution in [1.82, 2.24) is 0 Å². The lowest BCUT2D eigenvalue weighted by Crippen LogP contribution is -2.25. The number of esters is 2. The van der Waals surface area contributed by atoms with Gasteiger partial charge in [-0.05, 0) is 36.6 Å². The second-order valence-corrected chi connectivity index (χ2v) is 7.52. The van der Waals surface area contributed by atoms with E-state index >= 15 is 0 Å². The Morgan fingerprint density at radius 3 is 2.22 bits per heavy atom. The number of nitrogens with zero attached hydrogens (tertiary/aromatic N) is 2. The standard InChI is InChI=1S/C26H36N2O4/c1-4-7-9-10-11-17-28(16-8-5-2)24-14-12-22(13-15-24)20-23(21-27)26(30)32-19-18-31-25(29)6-3/h6,12-15,20H,3-5,7-11,16-19H2,1-2H3/b23-20+. The summed E-state index contributed by atoms with van der Waals surface area (Å²) in [6, 6.07) is 9.74. The molecule has 1 aromatic rings. The average Bonchev–Trinajstić information content (AvgIpc) is 2.82. The minimum Gasteiger partial charge on any atom is -0.459 e. The lowest BCUT2D eigenvalue weighted by Gasteiger charge is -2.25. The number of carbonyl (C=O) groups is 2. The highest BCUT2D eigenvalue weighted by atomic mass is 16.6. The van der Waals surface area contributed by atoms with Gasteiger partial charge in [-0.2, -0.15) is 5.26 Å². The molecular weight excluding hydrogens is 404 g/mol. The molecule has 0 unspecified atom stereocenters. The minimum atomic E-state index is -0.747. The highest BCUT2D eigenvalue weighted by Crippen LogP contribution is 2.19. The molecule has 174 valence electrons. The molecule has 0 N–H and O–H groups in total. The number of hydrogen-bond donors (Lipinski definition) is 0. The third kappa shape index (κ3) is 10.8. The second-order valence-electron chi connectivity index (χ2n) is 7.52. The van der Waals surface area contributed by atoms with Crippen LogP contribution in [-0.4, -0.2) is 38.2 Å². The SMILES string of the molecule is C=CC(=O)OCCOC(=O)/C(C#N)=C/c1ccc(N(CCCC)CCCCCCC)cc1. The topological polar surface area (TPSA) is 79.6 Å². The van der Waals surface area contributed by atoms with Gasteiger partial charge in [-0.3, -0.25) is 0 Å². The first-order chi connectivity index (χ1) is 15.5. The molecule has 0 atom stereocenters. The summed E-state index contributed by atoms with van der Waals surface area (Å²) >= 11 is 0. The second kappa shape index (κ2) is 16.6. The number of rotatable bonds is 16. The maximum atomic E-state index is 12.1. The van der Waals surface area contributed by atoms with Gasteiger partial charge in [0.2, 0.25) is 0 Å². The summed E-state index contributed by atoms with van der Waals surface area (Å²) in [5.74, 6) is -1.34. The van der Waals surface area contributed by atoms with Crippen LogP contribution in [0.3, 0.4) is 0 Å². The van der Waals surface area contributed by atoms with E-state index in [-0.39, 0.29) is 18.8 Å². The van der Waals surface area contributed by atoms with Crippen molar-refractivity contribution >= 4 is 23.7 Å². The van der Waals surface area contributed by atoms with Crippen LogP contribution in [0.25, 0.3) is 6.08 Å². The van der Waals surface area contributed by atoms with Crippen LogP contribution in [0.5, 0.6) is 0 Å². The maximum absolute atomic E-state index is 12.1. The van der Waals surface area contributed by atoms with E-state index in [1.807, 2.05) is 30.3 Å². The van der Waals surface area contributed by atoms with E-state index in [1.165, 1.54) is 38.2 Å². The predicted octanol–water partition coefficient (Wildman–Crippen LogP) is 5.44. The number of nitriles is 1. The number of unbranched alkanes of at least 4 members (excludes halogenated alkanes) is 5. The zero-order valence-corrected chi connectivity index (χ0v) is 19.5. The number of hydrogen-bond acceptors (Lipinski definition) is 6. The van der Waals surface area contributed by atoms with Crippen LogP contribution >= 0.6 is 0 Å². The molecule has 32 heavy (non-hydrogen) atoms. The van der Waals surface area contributed by atoms with E-state index in [0.717, 1.165) is 43.3 Å². The number of anilines is 1. The summed E-state index contributed by atoms with van der Waals surface area (Å²) in [7, 11) is 0. The summed E-state index contributed by atoms with van der Waals surface area (Å²) in [4.78, 5) is 25.5. The molecule has 0 aliphatic rings. The Hall–Kier alpha value is -3.07. The van der Waals surface area contributed by atoms with Crippen molar-refractivity contribution in [2.45, 2.75) is 58.8 Å². The van der Waals surface area contributed by atoms with Gasteiger partial charge in [0.05, 0.1) is 0 Å². The molecule has 0 fully saturated rings. The van der Waals surface area contributed by atoms with Crippen LogP contribution in [0, 0.1) is 11.3 Å². The molecule has 0 saturated carbocycles. The van der Waals surface area contributed by atoms with Gasteiger partial charge in [0.25, 0.3) is 0 Å². The van der Waals surface area contributed by atoms with Gasteiger partial charge in [0, 0.05) is 24.9 Å². The van der Waals surface area contributed by atoms with Crippen LogP contribution in [-0.2, 0) is 19.1 Å². The molecule has 0 aliphatic carbocycles. The molecular formula is C26H36N2O4. The van der Waals surface area contributed by atoms with Gasteiger partial charge in [-0.25, -0.2) is 9.59 Å². The van der Waals surface area contributed by atoms with Crippen molar-refractivity contribution in [2.24, 2.45) is 0 Å². The normalized spacial score (nSPS) is 10.8. The fourth-order valence-corrected chi connectivity index (χ4v) is 3.12. The van der Waals surface area contributed by atoms with Gasteiger partial charge in [0.1, 0.15) is 24.9 Å². The monoisotopic (exact) mass is 440 g/mol. The maximum Gasteiger partial charge on any atom is 0.349 e. The Morgan fingerprint density at radius 2 is 1.59 bits per heavy atom. The van der Waals surface area contributed by atoms with Crippen molar-refractivity contribution in [3.8, 4) is 6.07 Å². The molecule has 0 saturated heterocycles. The summed E-state index contributed by atoms with van der Waals surface area (Å²) in [6.07, 6.45) is 11.1. The van der Waals surface area contributed by atoms with Gasteiger partial charge in [-0.15, -0.1) is 0 Å². The first kappa shape index (κ1) is 27.0. The molecule has 0 aromatic heterocycles. The van der Waals surface area contributed by atoms with Gasteiger partial charge in [-0.1, -0.05) is 64.7 Å². The van der Waals surface area contributed by atoms with Crippen molar-refractivity contribution in [3.63, 3.8) is 0 Å². The fraction of sp³-hybridized carbons (Fsp3) is 0.500. The van der Waals surface area contributed by atoms with Crippen LogP contribution < -0.4 is 4.90 Å². The van der Waals surface area contributed by atoms with Crippen LogP contribution in [0.4, 0.5) is 5.69 Å². The molecule has 0 spiro atoms. The summed E-state index contributed by atoms with van der Waals surface area (Å²) in [5.41, 5.74) is 1.79. The lowest BCUT2D eigenvalue weighted by atomic mass is 10.1.